The Balaban J connectivity index is 0.00000162. The lowest BCUT2D eigenvalue weighted by atomic mass is 10.2. The Bertz CT molecular complexity index is 479. The Kier molecular flexibility index (Phi) is 4.69. The van der Waals surface area contributed by atoms with Crippen LogP contribution in [0.15, 0.2) is 11.0 Å². The molecule has 3 atom stereocenters. The minimum Gasteiger partial charge on any atom is -0.394 e. The van der Waals surface area contributed by atoms with Gasteiger partial charge in [0.1, 0.15) is 18.1 Å². The molecule has 8 heteroatoms. The third kappa shape index (κ3) is 2.64. The van der Waals surface area contributed by atoms with Crippen molar-refractivity contribution in [2.75, 3.05) is 12.3 Å². The Hall–Kier alpha value is -1.15. The number of nitrogen functional groups attached to an aromatic ring is 1. The molecule has 1 aliphatic heterocycles. The average Bonchev–Trinajstić information content (AvgIpc) is 2.65. The second-order valence-corrected chi connectivity index (χ2v) is 4.11. The summed E-state index contributed by atoms with van der Waals surface area (Å²) in [6.07, 6.45) is -0.265. The lowest BCUT2D eigenvalue weighted by molar-refractivity contribution is -0.0459. The predicted molar refractivity (Wildman–Crippen MR) is 66.5 cm³/mol. The normalized spacial score (nSPS) is 26.9. The van der Waals surface area contributed by atoms with Crippen LogP contribution in [-0.4, -0.2) is 38.6 Å². The van der Waals surface area contributed by atoms with Gasteiger partial charge in [0.25, 0.3) is 0 Å². The van der Waals surface area contributed by atoms with E-state index in [1.165, 1.54) is 4.57 Å². The van der Waals surface area contributed by atoms with Gasteiger partial charge >= 0.3 is 5.69 Å². The number of nitrogens with two attached hydrogens (primary N) is 1. The molecule has 0 radical (unpaired) electrons. The molecule has 0 amide bonds. The molecule has 0 spiro atoms. The summed E-state index contributed by atoms with van der Waals surface area (Å²) in [6.45, 7) is 1.45. The molecular formula is C10H16ClN3O4. The fourth-order valence-corrected chi connectivity index (χ4v) is 1.84. The number of aryl methyl sites for hydroxylation is 1. The van der Waals surface area contributed by atoms with Gasteiger partial charge in [0.2, 0.25) is 0 Å². The first-order valence-electron chi connectivity index (χ1n) is 5.32. The van der Waals surface area contributed by atoms with Crippen LogP contribution in [0.2, 0.25) is 0 Å². The van der Waals surface area contributed by atoms with Crippen LogP contribution in [0, 0.1) is 6.92 Å². The van der Waals surface area contributed by atoms with Crippen molar-refractivity contribution in [1.82, 2.24) is 9.55 Å². The van der Waals surface area contributed by atoms with Crippen molar-refractivity contribution in [2.45, 2.75) is 31.8 Å². The van der Waals surface area contributed by atoms with Crippen molar-refractivity contribution in [2.24, 2.45) is 0 Å². The Morgan fingerprint density at radius 3 is 2.89 bits per heavy atom. The number of aliphatic hydroxyl groups is 2. The highest BCUT2D eigenvalue weighted by Crippen LogP contribution is 2.27. The average molecular weight is 278 g/mol. The van der Waals surface area contributed by atoms with Crippen molar-refractivity contribution in [3.05, 3.63) is 22.2 Å². The molecule has 1 aliphatic rings. The van der Waals surface area contributed by atoms with Gasteiger partial charge in [-0.1, -0.05) is 0 Å². The van der Waals surface area contributed by atoms with E-state index in [2.05, 4.69) is 4.98 Å². The molecule has 1 aromatic heterocycles. The van der Waals surface area contributed by atoms with E-state index < -0.39 is 24.1 Å². The molecule has 2 heterocycles. The molecule has 18 heavy (non-hydrogen) atoms. The van der Waals surface area contributed by atoms with Crippen molar-refractivity contribution in [3.8, 4) is 0 Å². The van der Waals surface area contributed by atoms with E-state index in [0.717, 1.165) is 0 Å². The molecule has 0 bridgehead atoms. The van der Waals surface area contributed by atoms with Crippen LogP contribution in [-0.2, 0) is 4.74 Å². The molecule has 1 saturated heterocycles. The zero-order chi connectivity index (χ0) is 12.6. The number of ether oxygens (including phenoxy) is 1. The fourth-order valence-electron chi connectivity index (χ4n) is 1.84. The van der Waals surface area contributed by atoms with Crippen LogP contribution in [0.4, 0.5) is 5.82 Å². The van der Waals surface area contributed by atoms with E-state index in [9.17, 15) is 9.90 Å². The van der Waals surface area contributed by atoms with Crippen LogP contribution in [0.25, 0.3) is 0 Å². The molecular weight excluding hydrogens is 262 g/mol. The van der Waals surface area contributed by atoms with Gasteiger partial charge in [0.05, 0.1) is 12.7 Å². The van der Waals surface area contributed by atoms with Crippen LogP contribution in [0.3, 0.4) is 0 Å². The Labute approximate surface area is 110 Å². The molecule has 102 valence electrons. The van der Waals surface area contributed by atoms with Crippen molar-refractivity contribution >= 4 is 18.2 Å². The molecule has 0 aliphatic carbocycles. The summed E-state index contributed by atoms with van der Waals surface area (Å²) in [5.41, 5.74) is 5.65. The quantitative estimate of drug-likeness (QED) is 0.652. The lowest BCUT2D eigenvalue weighted by Gasteiger charge is -2.15. The van der Waals surface area contributed by atoms with E-state index in [4.69, 9.17) is 15.6 Å². The summed E-state index contributed by atoms with van der Waals surface area (Å²) >= 11 is 0. The summed E-state index contributed by atoms with van der Waals surface area (Å²) < 4.78 is 6.65. The van der Waals surface area contributed by atoms with Gasteiger partial charge in [-0.15, -0.1) is 12.4 Å². The fraction of sp³-hybridized carbons (Fsp3) is 0.600. The first-order chi connectivity index (χ1) is 8.02. The number of anilines is 1. The summed E-state index contributed by atoms with van der Waals surface area (Å²) in [6, 6.07) is 0. The predicted octanol–water partition coefficient (Wildman–Crippen LogP) is -0.804. The van der Waals surface area contributed by atoms with Crippen molar-refractivity contribution in [1.29, 1.82) is 0 Å². The first kappa shape index (κ1) is 14.9. The van der Waals surface area contributed by atoms with Crippen LogP contribution in [0.1, 0.15) is 18.2 Å². The molecule has 0 saturated carbocycles. The Morgan fingerprint density at radius 2 is 2.33 bits per heavy atom. The third-order valence-corrected chi connectivity index (χ3v) is 2.87. The molecule has 7 nitrogen and oxygen atoms in total. The number of rotatable bonds is 2. The van der Waals surface area contributed by atoms with Gasteiger partial charge in [-0.3, -0.25) is 4.57 Å². The maximum absolute atomic E-state index is 11.6. The lowest BCUT2D eigenvalue weighted by Crippen LogP contribution is -2.28. The standard InChI is InChI=1S/C10H15N3O4.ClH/c1-5-3-13(10(16)12-9(5)11)8-2-6(15)7(4-14)17-8;/h3,6-8,14-15H,2,4H2,1H3,(H2,11,12,16);1H/t6?,7-,8-;/m1./s1. The monoisotopic (exact) mass is 277 g/mol. The molecule has 1 aromatic rings. The minimum absolute atomic E-state index is 0. The molecule has 2 rings (SSSR count). The SMILES string of the molecule is Cc1cn([C@H]2CC(O)[C@@H](CO)O2)c(=O)nc1N.Cl. The second-order valence-electron chi connectivity index (χ2n) is 4.11. The number of aromatic nitrogens is 2. The number of hydrogen-bond acceptors (Lipinski definition) is 6. The zero-order valence-electron chi connectivity index (χ0n) is 9.81. The minimum atomic E-state index is -0.783. The van der Waals surface area contributed by atoms with Gasteiger partial charge < -0.3 is 20.7 Å². The smallest absolute Gasteiger partial charge is 0.351 e. The van der Waals surface area contributed by atoms with Gasteiger partial charge in [0, 0.05) is 18.2 Å². The van der Waals surface area contributed by atoms with E-state index in [0.29, 0.717) is 5.56 Å². The molecule has 4 N–H and O–H groups in total. The van der Waals surface area contributed by atoms with Crippen LogP contribution >= 0.6 is 12.4 Å². The molecule has 1 fully saturated rings. The van der Waals surface area contributed by atoms with E-state index in [1.54, 1.807) is 13.1 Å². The maximum Gasteiger partial charge on any atom is 0.351 e. The largest absolute Gasteiger partial charge is 0.394 e. The number of halogens is 1. The van der Waals surface area contributed by atoms with Gasteiger partial charge in [-0.05, 0) is 6.92 Å². The third-order valence-electron chi connectivity index (χ3n) is 2.87. The molecule has 0 aromatic carbocycles. The summed E-state index contributed by atoms with van der Waals surface area (Å²) in [7, 11) is 0. The van der Waals surface area contributed by atoms with E-state index in [1.807, 2.05) is 0 Å². The molecule has 1 unspecified atom stereocenters. The Morgan fingerprint density at radius 1 is 1.67 bits per heavy atom. The highest BCUT2D eigenvalue weighted by atomic mass is 35.5. The summed E-state index contributed by atoms with van der Waals surface area (Å²) in [4.78, 5) is 15.3. The second kappa shape index (κ2) is 5.66. The topological polar surface area (TPSA) is 111 Å². The van der Waals surface area contributed by atoms with E-state index >= 15 is 0 Å². The van der Waals surface area contributed by atoms with Gasteiger partial charge in [-0.2, -0.15) is 4.98 Å². The number of nitrogens with zero attached hydrogens (tertiary/aromatic N) is 2. The number of aliphatic hydroxyl groups excluding tert-OH is 2. The van der Waals surface area contributed by atoms with Gasteiger partial charge in [0.15, 0.2) is 0 Å². The summed E-state index contributed by atoms with van der Waals surface area (Å²) in [5, 5.41) is 18.6. The van der Waals surface area contributed by atoms with E-state index in [-0.39, 0.29) is 31.3 Å². The van der Waals surface area contributed by atoms with Crippen molar-refractivity contribution < 1.29 is 14.9 Å². The first-order valence-corrected chi connectivity index (χ1v) is 5.32. The van der Waals surface area contributed by atoms with Crippen molar-refractivity contribution in [3.63, 3.8) is 0 Å². The number of hydrogen-bond donors (Lipinski definition) is 3. The van der Waals surface area contributed by atoms with Crippen LogP contribution < -0.4 is 11.4 Å². The van der Waals surface area contributed by atoms with Crippen LogP contribution in [0.5, 0.6) is 0 Å². The highest BCUT2D eigenvalue weighted by Gasteiger charge is 2.35. The highest BCUT2D eigenvalue weighted by molar-refractivity contribution is 5.85. The summed E-state index contributed by atoms with van der Waals surface area (Å²) in [5.74, 6) is 0.184. The maximum atomic E-state index is 11.6. The van der Waals surface area contributed by atoms with Gasteiger partial charge in [-0.25, -0.2) is 4.79 Å². The zero-order valence-corrected chi connectivity index (χ0v) is 10.6.